The van der Waals surface area contributed by atoms with E-state index in [1.807, 2.05) is 31.2 Å². The minimum Gasteiger partial charge on any atom is -0.247 e. The van der Waals surface area contributed by atoms with Gasteiger partial charge in [-0.25, -0.2) is 32.4 Å². The summed E-state index contributed by atoms with van der Waals surface area (Å²) in [6.07, 6.45) is 4.67. The lowest BCUT2D eigenvalue weighted by molar-refractivity contribution is 0.238. The highest BCUT2D eigenvalue weighted by atomic mass is 32.2. The van der Waals surface area contributed by atoms with Crippen molar-refractivity contribution in [3.8, 4) is 34.3 Å². The Morgan fingerprint density at radius 3 is 2.45 bits per heavy atom. The molecule has 1 atom stereocenters. The van der Waals surface area contributed by atoms with Crippen molar-refractivity contribution >= 4 is 41.3 Å². The second-order valence-corrected chi connectivity index (χ2v) is 14.6. The number of benzene rings is 3. The molecule has 0 N–H and O–H groups in total. The number of nitrogens with zero attached hydrogens (tertiary/aromatic N) is 6. The van der Waals surface area contributed by atoms with Gasteiger partial charge < -0.3 is 0 Å². The Bertz CT molecular complexity index is 2250. The molecule has 0 aliphatic carbocycles. The zero-order valence-electron chi connectivity index (χ0n) is 25.0. The molecule has 0 amide bonds. The third-order valence-corrected chi connectivity index (χ3v) is 10.5. The molecule has 8 nitrogen and oxygen atoms in total. The van der Waals surface area contributed by atoms with E-state index in [9.17, 15) is 13.7 Å². The number of thiophene rings is 1. The van der Waals surface area contributed by atoms with E-state index in [-0.39, 0.29) is 10.7 Å². The molecule has 11 heteroatoms. The van der Waals surface area contributed by atoms with E-state index in [0.717, 1.165) is 33.0 Å². The van der Waals surface area contributed by atoms with Crippen LogP contribution in [0.15, 0.2) is 66.1 Å². The highest BCUT2D eigenvalue weighted by molar-refractivity contribution is 7.90. The Hall–Kier alpha value is -4.53. The topological polar surface area (TPSA) is 114 Å². The maximum atomic E-state index is 15.7. The van der Waals surface area contributed by atoms with E-state index >= 15 is 4.39 Å². The molecule has 0 saturated carbocycles. The third kappa shape index (κ3) is 4.75. The van der Waals surface area contributed by atoms with Crippen LogP contribution in [0, 0.1) is 25.2 Å². The number of aromatic nitrogens is 5. The smallest absolute Gasteiger partial charge is 0.176 e. The molecular formula is C33H29FN6O2S2. The number of fused-ring (bicyclic) bond motifs is 3. The zero-order valence-corrected chi connectivity index (χ0v) is 26.7. The van der Waals surface area contributed by atoms with Gasteiger partial charge in [-0.2, -0.15) is 10.4 Å². The maximum absolute atomic E-state index is 15.7. The Labute approximate surface area is 258 Å². The quantitative estimate of drug-likeness (QED) is 0.191. The molecule has 0 aliphatic rings. The highest BCUT2D eigenvalue weighted by Crippen LogP contribution is 2.49. The van der Waals surface area contributed by atoms with Crippen molar-refractivity contribution in [1.29, 1.82) is 5.26 Å². The number of sulfone groups is 1. The lowest BCUT2D eigenvalue weighted by atomic mass is 9.76. The van der Waals surface area contributed by atoms with E-state index in [2.05, 4.69) is 16.0 Å². The predicted octanol–water partition coefficient (Wildman–Crippen LogP) is 7.29. The van der Waals surface area contributed by atoms with Crippen LogP contribution in [0.4, 0.5) is 4.39 Å². The Morgan fingerprint density at radius 1 is 1.07 bits per heavy atom. The van der Waals surface area contributed by atoms with E-state index in [1.54, 1.807) is 56.0 Å². The van der Waals surface area contributed by atoms with E-state index in [4.69, 9.17) is 10.1 Å². The molecule has 0 saturated heterocycles. The number of halogens is 1. The average Bonchev–Trinajstić information content (AvgIpc) is 3.56. The van der Waals surface area contributed by atoms with Gasteiger partial charge in [-0.1, -0.05) is 38.1 Å². The number of hydrogen-bond acceptors (Lipinski definition) is 8. The molecule has 0 bridgehead atoms. The summed E-state index contributed by atoms with van der Waals surface area (Å²) in [5.41, 5.74) is 3.31. The lowest BCUT2D eigenvalue weighted by Crippen LogP contribution is -2.30. The fourth-order valence-electron chi connectivity index (χ4n) is 5.59. The van der Waals surface area contributed by atoms with Crippen LogP contribution in [0.1, 0.15) is 43.3 Å². The Balaban J connectivity index is 1.80. The van der Waals surface area contributed by atoms with Crippen LogP contribution < -0.4 is 0 Å². The van der Waals surface area contributed by atoms with Gasteiger partial charge in [-0.05, 0) is 55.7 Å². The lowest BCUT2D eigenvalue weighted by Gasteiger charge is -2.31. The van der Waals surface area contributed by atoms with Crippen molar-refractivity contribution in [3.05, 3.63) is 83.7 Å². The van der Waals surface area contributed by atoms with Crippen molar-refractivity contribution in [1.82, 2.24) is 24.7 Å². The van der Waals surface area contributed by atoms with Crippen LogP contribution in [0.5, 0.6) is 0 Å². The van der Waals surface area contributed by atoms with E-state index in [1.165, 1.54) is 24.6 Å². The molecule has 3 heterocycles. The first-order chi connectivity index (χ1) is 20.8. The summed E-state index contributed by atoms with van der Waals surface area (Å²) < 4.78 is 46.0. The summed E-state index contributed by atoms with van der Waals surface area (Å²) in [5, 5.41) is 16.1. The first-order valence-corrected chi connectivity index (χ1v) is 16.6. The minimum absolute atomic E-state index is 0.0257. The van der Waals surface area contributed by atoms with Gasteiger partial charge in [0.15, 0.2) is 15.7 Å². The molecule has 0 spiro atoms. The second kappa shape index (κ2) is 10.6. The molecule has 6 rings (SSSR count). The molecule has 222 valence electrons. The molecule has 0 radical (unpaired) electrons. The fourth-order valence-corrected chi connectivity index (χ4v) is 7.78. The number of alkyl halides is 1. The summed E-state index contributed by atoms with van der Waals surface area (Å²) in [5.74, 6) is 0.709. The van der Waals surface area contributed by atoms with Crippen molar-refractivity contribution < 1.29 is 12.8 Å². The van der Waals surface area contributed by atoms with Gasteiger partial charge in [0.25, 0.3) is 0 Å². The van der Waals surface area contributed by atoms with Crippen LogP contribution in [0.2, 0.25) is 0 Å². The molecule has 3 aromatic heterocycles. The van der Waals surface area contributed by atoms with Crippen LogP contribution in [0.25, 0.3) is 48.4 Å². The van der Waals surface area contributed by atoms with Gasteiger partial charge in [0, 0.05) is 50.7 Å². The second-order valence-electron chi connectivity index (χ2n) is 11.5. The summed E-state index contributed by atoms with van der Waals surface area (Å²) >= 11 is 1.33. The van der Waals surface area contributed by atoms with Crippen LogP contribution >= 0.6 is 11.3 Å². The van der Waals surface area contributed by atoms with Crippen molar-refractivity contribution in [2.45, 2.75) is 51.1 Å². The monoisotopic (exact) mass is 624 g/mol. The van der Waals surface area contributed by atoms with Gasteiger partial charge in [-0.15, -0.1) is 11.3 Å². The summed E-state index contributed by atoms with van der Waals surface area (Å²) in [4.78, 5) is 13.1. The summed E-state index contributed by atoms with van der Waals surface area (Å²) in [7, 11) is -3.86. The van der Waals surface area contributed by atoms with Gasteiger partial charge in [0.2, 0.25) is 0 Å². The molecule has 3 aromatic carbocycles. The first-order valence-electron chi connectivity index (χ1n) is 13.9. The summed E-state index contributed by atoms with van der Waals surface area (Å²) in [6, 6.07) is 15.1. The molecule has 0 fully saturated rings. The number of nitriles is 1. The van der Waals surface area contributed by atoms with E-state index < -0.39 is 21.4 Å². The molecule has 6 aromatic rings. The number of hydrogen-bond donors (Lipinski definition) is 0. The molecular weight excluding hydrogens is 596 g/mol. The normalized spacial score (nSPS) is 13.0. The van der Waals surface area contributed by atoms with Crippen molar-refractivity contribution in [2.24, 2.45) is 0 Å². The third-order valence-electron chi connectivity index (χ3n) is 8.18. The Kier molecular flexibility index (Phi) is 7.10. The number of rotatable bonds is 6. The zero-order chi connectivity index (χ0) is 31.6. The van der Waals surface area contributed by atoms with Crippen molar-refractivity contribution in [2.75, 3.05) is 6.26 Å². The first kappa shape index (κ1) is 29.5. The van der Waals surface area contributed by atoms with Crippen LogP contribution in [-0.4, -0.2) is 45.6 Å². The van der Waals surface area contributed by atoms with Crippen molar-refractivity contribution in [3.63, 3.8) is 0 Å². The minimum atomic E-state index is -3.86. The molecule has 44 heavy (non-hydrogen) atoms. The Morgan fingerprint density at radius 2 is 1.80 bits per heavy atom. The average molecular weight is 625 g/mol. The van der Waals surface area contributed by atoms with Gasteiger partial charge in [0.05, 0.1) is 20.8 Å². The largest absolute Gasteiger partial charge is 0.247 e. The SMILES string of the molecule is Cc1nc(-c2c(S(C)(=O)=O)cc3sc4c(C#N)cccc4c3c2C(C)(C)[C@@H](C)F)n(-c2cc(-c3cncnc3)ccc2C)n1. The summed E-state index contributed by atoms with van der Waals surface area (Å²) in [6.45, 7) is 8.70. The van der Waals surface area contributed by atoms with E-state index in [0.29, 0.717) is 38.3 Å². The van der Waals surface area contributed by atoms with Gasteiger partial charge in [0.1, 0.15) is 24.4 Å². The highest BCUT2D eigenvalue weighted by Gasteiger charge is 2.38. The predicted molar refractivity (Wildman–Crippen MR) is 172 cm³/mol. The maximum Gasteiger partial charge on any atom is 0.176 e. The molecule has 0 aliphatic heterocycles. The van der Waals surface area contributed by atoms with Crippen LogP contribution in [0.3, 0.4) is 0 Å². The van der Waals surface area contributed by atoms with Gasteiger partial charge >= 0.3 is 0 Å². The standard InChI is InChI=1S/C33H29FN6O2S2/c1-18-10-11-21(23-15-36-17-37-16-23)12-25(18)40-32(38-20(3)39-40)29-27(44(6,41)42)13-26-28(30(29)33(4,5)19(2)34)24-9-7-8-22(14-35)31(24)43-26/h7-13,15-17,19H,1-6H3/t19-/m1/s1. The number of aryl methyl sites for hydroxylation is 2. The molecule has 0 unspecified atom stereocenters. The van der Waals surface area contributed by atoms with Crippen LogP contribution in [-0.2, 0) is 15.3 Å². The fraction of sp³-hybridized carbons (Fsp3) is 0.242. The van der Waals surface area contributed by atoms with Gasteiger partial charge in [-0.3, -0.25) is 0 Å².